The lowest BCUT2D eigenvalue weighted by Gasteiger charge is -2.06. The summed E-state index contributed by atoms with van der Waals surface area (Å²) in [5.41, 5.74) is 2.18. The smallest absolute Gasteiger partial charge is 0.213 e. The molecule has 2 aromatic carbocycles. The number of carbonyl (C=O) groups is 1. The highest BCUT2D eigenvalue weighted by atomic mass is 32.1. The van der Waals surface area contributed by atoms with E-state index in [4.69, 9.17) is 4.98 Å². The highest BCUT2D eigenvalue weighted by Crippen LogP contribution is 2.32. The molecule has 0 unspecified atom stereocenters. The van der Waals surface area contributed by atoms with Crippen LogP contribution in [0.3, 0.4) is 0 Å². The first-order valence-electron chi connectivity index (χ1n) is 8.59. The predicted molar refractivity (Wildman–Crippen MR) is 103 cm³/mol. The van der Waals surface area contributed by atoms with Crippen LogP contribution in [0.25, 0.3) is 27.0 Å². The van der Waals surface area contributed by atoms with E-state index in [0.717, 1.165) is 40.0 Å². The van der Waals surface area contributed by atoms with Crippen molar-refractivity contribution in [2.45, 2.75) is 32.6 Å². The molecule has 4 aromatic rings. The van der Waals surface area contributed by atoms with Gasteiger partial charge in [0.2, 0.25) is 4.96 Å². The van der Waals surface area contributed by atoms with Crippen molar-refractivity contribution in [3.8, 4) is 11.3 Å². The highest BCUT2D eigenvalue weighted by molar-refractivity contribution is 7.16. The molecule has 25 heavy (non-hydrogen) atoms. The quantitative estimate of drug-likeness (QED) is 0.458. The van der Waals surface area contributed by atoms with Gasteiger partial charge in [-0.1, -0.05) is 61.6 Å². The van der Waals surface area contributed by atoms with Crippen LogP contribution in [0, 0.1) is 0 Å². The fraction of sp³-hybridized carbons (Fsp3) is 0.250. The third kappa shape index (κ3) is 2.65. The van der Waals surface area contributed by atoms with Crippen LogP contribution < -0.4 is 0 Å². The van der Waals surface area contributed by atoms with Crippen molar-refractivity contribution in [1.82, 2.24) is 14.6 Å². The fourth-order valence-corrected chi connectivity index (χ4v) is 4.41. The molecule has 0 saturated heterocycles. The van der Waals surface area contributed by atoms with Gasteiger partial charge in [0.1, 0.15) is 16.4 Å². The van der Waals surface area contributed by atoms with E-state index in [1.54, 1.807) is 15.9 Å². The molecule has 0 aliphatic carbocycles. The summed E-state index contributed by atoms with van der Waals surface area (Å²) < 4.78 is 1.70. The van der Waals surface area contributed by atoms with Gasteiger partial charge >= 0.3 is 0 Å². The average Bonchev–Trinajstić information content (AvgIpc) is 3.20. The monoisotopic (exact) mass is 349 g/mol. The standard InChI is InChI=1S/C20H19N3OS/c1-3-13(4-2)19-22-23-17(12-24)18(21-20(23)25-19)16-10-9-14-7-5-6-8-15(14)11-16/h5-13H,3-4H2,1-2H3. The number of carbonyl (C=O) groups excluding carboxylic acids is 1. The lowest BCUT2D eigenvalue weighted by Crippen LogP contribution is -1.99. The minimum Gasteiger partial charge on any atom is -0.296 e. The van der Waals surface area contributed by atoms with Crippen molar-refractivity contribution >= 4 is 33.4 Å². The van der Waals surface area contributed by atoms with Crippen molar-refractivity contribution in [2.24, 2.45) is 0 Å². The number of fused-ring (bicyclic) bond motifs is 2. The maximum atomic E-state index is 11.8. The lowest BCUT2D eigenvalue weighted by molar-refractivity contribution is 0.111. The van der Waals surface area contributed by atoms with Gasteiger partial charge in [0.25, 0.3) is 0 Å². The summed E-state index contributed by atoms with van der Waals surface area (Å²) in [4.78, 5) is 17.3. The molecule has 2 heterocycles. The Morgan fingerprint density at radius 1 is 1.12 bits per heavy atom. The summed E-state index contributed by atoms with van der Waals surface area (Å²) in [6.07, 6.45) is 2.95. The summed E-state index contributed by atoms with van der Waals surface area (Å²) in [6.45, 7) is 4.33. The Balaban J connectivity index is 1.86. The van der Waals surface area contributed by atoms with E-state index in [9.17, 15) is 4.79 Å². The van der Waals surface area contributed by atoms with Gasteiger partial charge in [0.15, 0.2) is 6.29 Å². The van der Waals surface area contributed by atoms with E-state index in [-0.39, 0.29) is 0 Å². The number of imidazole rings is 1. The zero-order valence-corrected chi connectivity index (χ0v) is 15.1. The van der Waals surface area contributed by atoms with Crippen LogP contribution in [0.15, 0.2) is 42.5 Å². The third-order valence-electron chi connectivity index (χ3n) is 4.72. The molecule has 5 heteroatoms. The molecule has 0 N–H and O–H groups in total. The van der Waals surface area contributed by atoms with Gasteiger partial charge in [0.05, 0.1) is 0 Å². The molecule has 0 amide bonds. The number of rotatable bonds is 5. The Kier molecular flexibility index (Phi) is 4.09. The second kappa shape index (κ2) is 6.41. The Bertz CT molecular complexity index is 1060. The van der Waals surface area contributed by atoms with Crippen LogP contribution in [0.4, 0.5) is 0 Å². The topological polar surface area (TPSA) is 47.3 Å². The fourth-order valence-electron chi connectivity index (χ4n) is 3.24. The lowest BCUT2D eigenvalue weighted by atomic mass is 10.0. The molecule has 126 valence electrons. The van der Waals surface area contributed by atoms with E-state index in [2.05, 4.69) is 43.2 Å². The number of aromatic nitrogens is 3. The van der Waals surface area contributed by atoms with Crippen LogP contribution in [-0.2, 0) is 0 Å². The van der Waals surface area contributed by atoms with E-state index < -0.39 is 0 Å². The van der Waals surface area contributed by atoms with Crippen molar-refractivity contribution in [1.29, 1.82) is 0 Å². The van der Waals surface area contributed by atoms with Crippen LogP contribution in [0.2, 0.25) is 0 Å². The molecule has 2 aromatic heterocycles. The molecule has 0 bridgehead atoms. The van der Waals surface area contributed by atoms with Gasteiger partial charge in [-0.05, 0) is 29.7 Å². The zero-order valence-electron chi connectivity index (χ0n) is 14.3. The largest absolute Gasteiger partial charge is 0.296 e. The van der Waals surface area contributed by atoms with Crippen molar-refractivity contribution in [2.75, 3.05) is 0 Å². The molecule has 0 fully saturated rings. The van der Waals surface area contributed by atoms with Crippen molar-refractivity contribution in [3.63, 3.8) is 0 Å². The minimum atomic E-state index is 0.426. The molecule has 0 aliphatic heterocycles. The first-order chi connectivity index (χ1) is 12.2. The van der Waals surface area contributed by atoms with Crippen LogP contribution in [0.5, 0.6) is 0 Å². The van der Waals surface area contributed by atoms with Crippen molar-refractivity contribution in [3.05, 3.63) is 53.2 Å². The van der Waals surface area contributed by atoms with Gasteiger partial charge in [0, 0.05) is 11.5 Å². The Morgan fingerprint density at radius 2 is 1.88 bits per heavy atom. The molecule has 4 rings (SSSR count). The summed E-state index contributed by atoms with van der Waals surface area (Å²) in [5, 5.41) is 8.04. The predicted octanol–water partition coefficient (Wildman–Crippen LogP) is 5.33. The summed E-state index contributed by atoms with van der Waals surface area (Å²) in [6, 6.07) is 14.4. The first-order valence-corrected chi connectivity index (χ1v) is 9.40. The number of hydrogen-bond acceptors (Lipinski definition) is 4. The van der Waals surface area contributed by atoms with Crippen LogP contribution in [-0.4, -0.2) is 20.9 Å². The minimum absolute atomic E-state index is 0.426. The first kappa shape index (κ1) is 16.0. The highest BCUT2D eigenvalue weighted by Gasteiger charge is 2.20. The van der Waals surface area contributed by atoms with Crippen molar-refractivity contribution < 1.29 is 4.79 Å². The average molecular weight is 349 g/mol. The van der Waals surface area contributed by atoms with Crippen LogP contribution in [0.1, 0.15) is 48.1 Å². The van der Waals surface area contributed by atoms with E-state index in [1.165, 1.54) is 5.39 Å². The number of nitrogens with zero attached hydrogens (tertiary/aromatic N) is 3. The summed E-state index contributed by atoms with van der Waals surface area (Å²) >= 11 is 1.59. The molecule has 0 aliphatic rings. The van der Waals surface area contributed by atoms with E-state index in [0.29, 0.717) is 17.3 Å². The van der Waals surface area contributed by atoms with Gasteiger partial charge in [-0.3, -0.25) is 4.79 Å². The number of benzene rings is 2. The molecular formula is C20H19N3OS. The van der Waals surface area contributed by atoms with E-state index in [1.807, 2.05) is 18.2 Å². The second-order valence-corrected chi connectivity index (χ2v) is 7.16. The van der Waals surface area contributed by atoms with Gasteiger partial charge in [-0.2, -0.15) is 9.61 Å². The molecule has 0 atom stereocenters. The normalized spacial score (nSPS) is 11.6. The SMILES string of the molecule is CCC(CC)c1nn2c(C=O)c(-c3ccc4ccccc4c3)nc2s1. The molecule has 0 spiro atoms. The zero-order chi connectivity index (χ0) is 17.4. The Labute approximate surface area is 150 Å². The second-order valence-electron chi connectivity index (χ2n) is 6.17. The Morgan fingerprint density at radius 3 is 2.60 bits per heavy atom. The van der Waals surface area contributed by atoms with Crippen LogP contribution >= 0.6 is 11.3 Å². The third-order valence-corrected chi connectivity index (χ3v) is 5.79. The molecule has 0 radical (unpaired) electrons. The Hall–Kier alpha value is -2.53. The number of aldehydes is 1. The maximum absolute atomic E-state index is 11.8. The van der Waals surface area contributed by atoms with E-state index >= 15 is 0 Å². The molecular weight excluding hydrogens is 330 g/mol. The summed E-state index contributed by atoms with van der Waals surface area (Å²) in [5.74, 6) is 0.426. The maximum Gasteiger partial charge on any atom is 0.213 e. The summed E-state index contributed by atoms with van der Waals surface area (Å²) in [7, 11) is 0. The van der Waals surface area contributed by atoms with Gasteiger partial charge in [-0.25, -0.2) is 4.98 Å². The van der Waals surface area contributed by atoms with Gasteiger partial charge < -0.3 is 0 Å². The number of hydrogen-bond donors (Lipinski definition) is 0. The molecule has 4 nitrogen and oxygen atoms in total. The molecule has 0 saturated carbocycles. The van der Waals surface area contributed by atoms with Gasteiger partial charge in [-0.15, -0.1) is 0 Å².